The number of carbonyl (C=O) groups excluding carboxylic acids is 1. The van der Waals surface area contributed by atoms with Gasteiger partial charge in [0.2, 0.25) is 5.56 Å². The van der Waals surface area contributed by atoms with Crippen molar-refractivity contribution >= 4 is 22.6 Å². The van der Waals surface area contributed by atoms with Gasteiger partial charge in [-0.3, -0.25) is 4.79 Å². The molecule has 2 amide bonds. The Bertz CT molecular complexity index is 666. The zero-order valence-corrected chi connectivity index (χ0v) is 10.4. The summed E-state index contributed by atoms with van der Waals surface area (Å²) >= 11 is 0. The van der Waals surface area contributed by atoms with E-state index in [1.807, 2.05) is 6.92 Å². The Kier molecular flexibility index (Phi) is 3.79. The summed E-state index contributed by atoms with van der Waals surface area (Å²) in [5, 5.41) is 5.69. The number of rotatable bonds is 3. The molecule has 6 heteroatoms. The van der Waals surface area contributed by atoms with Gasteiger partial charge in [0.25, 0.3) is 0 Å². The molecule has 1 heterocycles. The van der Waals surface area contributed by atoms with E-state index < -0.39 is 5.82 Å². The van der Waals surface area contributed by atoms with Gasteiger partial charge in [0, 0.05) is 23.7 Å². The third kappa shape index (κ3) is 3.09. The SMILES string of the molecule is CCCNC(=O)Nc1cc(F)c2[nH]c(=O)ccc2c1. The molecule has 0 aliphatic heterocycles. The molecule has 0 radical (unpaired) electrons. The second kappa shape index (κ2) is 5.51. The molecule has 2 rings (SSSR count). The van der Waals surface area contributed by atoms with E-state index in [1.54, 1.807) is 6.07 Å². The summed E-state index contributed by atoms with van der Waals surface area (Å²) in [5.74, 6) is -0.582. The van der Waals surface area contributed by atoms with Crippen LogP contribution in [0.3, 0.4) is 0 Å². The molecule has 0 saturated carbocycles. The minimum Gasteiger partial charge on any atom is -0.338 e. The van der Waals surface area contributed by atoms with E-state index in [9.17, 15) is 14.0 Å². The summed E-state index contributed by atoms with van der Waals surface area (Å²) in [6, 6.07) is 5.20. The summed E-state index contributed by atoms with van der Waals surface area (Å²) in [4.78, 5) is 25.0. The van der Waals surface area contributed by atoms with Crippen LogP contribution in [-0.2, 0) is 0 Å². The average Bonchev–Trinajstić information content (AvgIpc) is 2.37. The van der Waals surface area contributed by atoms with Crippen LogP contribution < -0.4 is 16.2 Å². The summed E-state index contributed by atoms with van der Waals surface area (Å²) in [6.45, 7) is 2.49. The molecule has 0 bridgehead atoms. The lowest BCUT2D eigenvalue weighted by atomic mass is 10.2. The largest absolute Gasteiger partial charge is 0.338 e. The van der Waals surface area contributed by atoms with Crippen LogP contribution >= 0.6 is 0 Å². The summed E-state index contributed by atoms with van der Waals surface area (Å²) in [5.41, 5.74) is 0.102. The number of aromatic amines is 1. The highest BCUT2D eigenvalue weighted by Crippen LogP contribution is 2.19. The maximum atomic E-state index is 13.8. The lowest BCUT2D eigenvalue weighted by Gasteiger charge is -2.08. The highest BCUT2D eigenvalue weighted by molar-refractivity contribution is 5.92. The third-order valence-electron chi connectivity index (χ3n) is 2.58. The Hall–Kier alpha value is -2.37. The van der Waals surface area contributed by atoms with Crippen molar-refractivity contribution in [3.63, 3.8) is 0 Å². The summed E-state index contributed by atoms with van der Waals surface area (Å²) < 4.78 is 13.8. The van der Waals surface area contributed by atoms with E-state index in [-0.39, 0.29) is 17.1 Å². The molecule has 100 valence electrons. The molecule has 0 unspecified atom stereocenters. The molecule has 0 atom stereocenters. The Morgan fingerprint density at radius 2 is 2.16 bits per heavy atom. The first kappa shape index (κ1) is 13.1. The van der Waals surface area contributed by atoms with Crippen molar-refractivity contribution in [2.45, 2.75) is 13.3 Å². The first-order chi connectivity index (χ1) is 9.10. The van der Waals surface area contributed by atoms with Crippen molar-refractivity contribution in [1.82, 2.24) is 10.3 Å². The molecule has 0 aliphatic carbocycles. The zero-order valence-electron chi connectivity index (χ0n) is 10.4. The van der Waals surface area contributed by atoms with Crippen LogP contribution in [0.2, 0.25) is 0 Å². The number of hydrogen-bond donors (Lipinski definition) is 3. The van der Waals surface area contributed by atoms with Gasteiger partial charge in [-0.05, 0) is 24.6 Å². The molecule has 19 heavy (non-hydrogen) atoms. The van der Waals surface area contributed by atoms with Gasteiger partial charge in [-0.25, -0.2) is 9.18 Å². The van der Waals surface area contributed by atoms with Crippen LogP contribution in [0.15, 0.2) is 29.1 Å². The van der Waals surface area contributed by atoms with Crippen molar-refractivity contribution in [3.05, 3.63) is 40.4 Å². The standard InChI is InChI=1S/C13H14FN3O2/c1-2-5-15-13(19)16-9-6-8-3-4-11(18)17-12(8)10(14)7-9/h3-4,6-7H,2,5H2,1H3,(H,17,18)(H2,15,16,19). The first-order valence-corrected chi connectivity index (χ1v) is 5.97. The van der Waals surface area contributed by atoms with Crippen LogP contribution in [0.25, 0.3) is 10.9 Å². The summed E-state index contributed by atoms with van der Waals surface area (Å²) in [7, 11) is 0. The van der Waals surface area contributed by atoms with Crippen molar-refractivity contribution in [2.24, 2.45) is 0 Å². The number of carbonyl (C=O) groups is 1. The zero-order chi connectivity index (χ0) is 13.8. The Labute approximate surface area is 108 Å². The number of hydrogen-bond acceptors (Lipinski definition) is 2. The second-order valence-electron chi connectivity index (χ2n) is 4.13. The molecular formula is C13H14FN3O2. The van der Waals surface area contributed by atoms with E-state index in [2.05, 4.69) is 15.6 Å². The number of urea groups is 1. The Balaban J connectivity index is 2.28. The molecule has 2 aromatic rings. The normalized spacial score (nSPS) is 10.4. The van der Waals surface area contributed by atoms with E-state index in [0.29, 0.717) is 17.6 Å². The lowest BCUT2D eigenvalue weighted by Crippen LogP contribution is -2.29. The maximum absolute atomic E-state index is 13.8. The van der Waals surface area contributed by atoms with Crippen molar-refractivity contribution in [2.75, 3.05) is 11.9 Å². The Morgan fingerprint density at radius 3 is 2.89 bits per heavy atom. The van der Waals surface area contributed by atoms with Crippen LogP contribution in [-0.4, -0.2) is 17.6 Å². The fourth-order valence-corrected chi connectivity index (χ4v) is 1.71. The van der Waals surface area contributed by atoms with Gasteiger partial charge in [0.15, 0.2) is 0 Å². The number of fused-ring (bicyclic) bond motifs is 1. The quantitative estimate of drug-likeness (QED) is 0.794. The van der Waals surface area contributed by atoms with E-state index in [0.717, 1.165) is 6.42 Å². The maximum Gasteiger partial charge on any atom is 0.319 e. The van der Waals surface area contributed by atoms with Gasteiger partial charge in [-0.15, -0.1) is 0 Å². The minimum atomic E-state index is -0.582. The first-order valence-electron chi connectivity index (χ1n) is 5.97. The van der Waals surface area contributed by atoms with Crippen molar-refractivity contribution in [1.29, 1.82) is 0 Å². The lowest BCUT2D eigenvalue weighted by molar-refractivity contribution is 0.252. The predicted molar refractivity (Wildman–Crippen MR) is 71.8 cm³/mol. The van der Waals surface area contributed by atoms with Crippen LogP contribution in [0.1, 0.15) is 13.3 Å². The molecule has 1 aromatic carbocycles. The molecule has 0 saturated heterocycles. The number of halogens is 1. The van der Waals surface area contributed by atoms with Gasteiger partial charge in [-0.1, -0.05) is 6.92 Å². The van der Waals surface area contributed by atoms with Crippen LogP contribution in [0, 0.1) is 5.82 Å². The third-order valence-corrected chi connectivity index (χ3v) is 2.58. The van der Waals surface area contributed by atoms with Gasteiger partial charge in [0.05, 0.1) is 5.52 Å². The second-order valence-corrected chi connectivity index (χ2v) is 4.13. The molecule has 0 aliphatic rings. The number of amides is 2. The van der Waals surface area contributed by atoms with E-state index in [1.165, 1.54) is 18.2 Å². The topological polar surface area (TPSA) is 74.0 Å². The highest BCUT2D eigenvalue weighted by atomic mass is 19.1. The minimum absolute atomic E-state index is 0.131. The fourth-order valence-electron chi connectivity index (χ4n) is 1.71. The molecular weight excluding hydrogens is 249 g/mol. The van der Waals surface area contributed by atoms with Gasteiger partial charge < -0.3 is 15.6 Å². The van der Waals surface area contributed by atoms with Gasteiger partial charge in [0.1, 0.15) is 5.82 Å². The van der Waals surface area contributed by atoms with E-state index in [4.69, 9.17) is 0 Å². The highest BCUT2D eigenvalue weighted by Gasteiger charge is 2.07. The predicted octanol–water partition coefficient (Wildman–Crippen LogP) is 2.20. The number of benzene rings is 1. The molecule has 3 N–H and O–H groups in total. The van der Waals surface area contributed by atoms with Crippen LogP contribution in [0.5, 0.6) is 0 Å². The van der Waals surface area contributed by atoms with E-state index >= 15 is 0 Å². The number of aromatic nitrogens is 1. The van der Waals surface area contributed by atoms with Gasteiger partial charge in [-0.2, -0.15) is 0 Å². The number of pyridine rings is 1. The van der Waals surface area contributed by atoms with Crippen LogP contribution in [0.4, 0.5) is 14.9 Å². The number of H-pyrrole nitrogens is 1. The number of nitrogens with one attached hydrogen (secondary N) is 3. The average molecular weight is 263 g/mol. The molecule has 1 aromatic heterocycles. The van der Waals surface area contributed by atoms with Crippen molar-refractivity contribution < 1.29 is 9.18 Å². The molecule has 0 spiro atoms. The van der Waals surface area contributed by atoms with Gasteiger partial charge >= 0.3 is 6.03 Å². The Morgan fingerprint density at radius 1 is 1.37 bits per heavy atom. The molecule has 5 nitrogen and oxygen atoms in total. The number of anilines is 1. The fraction of sp³-hybridized carbons (Fsp3) is 0.231. The monoisotopic (exact) mass is 263 g/mol. The van der Waals surface area contributed by atoms with Crippen molar-refractivity contribution in [3.8, 4) is 0 Å². The smallest absolute Gasteiger partial charge is 0.319 e. The summed E-state index contributed by atoms with van der Waals surface area (Å²) in [6.07, 6.45) is 0.820. The molecule has 0 fully saturated rings.